The van der Waals surface area contributed by atoms with Gasteiger partial charge in [-0.3, -0.25) is 4.90 Å². The van der Waals surface area contributed by atoms with Crippen LogP contribution in [0, 0.1) is 0 Å². The van der Waals surface area contributed by atoms with E-state index < -0.39 is 12.0 Å². The first kappa shape index (κ1) is 12.7. The summed E-state index contributed by atoms with van der Waals surface area (Å²) < 4.78 is 38.8. The lowest BCUT2D eigenvalue weighted by molar-refractivity contribution is -0.148. The van der Waals surface area contributed by atoms with Crippen LogP contribution in [0.2, 0.25) is 0 Å². The molecule has 1 aromatic rings. The highest BCUT2D eigenvalue weighted by Crippen LogP contribution is 2.29. The fourth-order valence-corrected chi connectivity index (χ4v) is 2.04. The van der Waals surface area contributed by atoms with Crippen LogP contribution in [0.3, 0.4) is 0 Å². The maximum Gasteiger partial charge on any atom is 0.451 e. The zero-order valence-electron chi connectivity index (χ0n) is 9.11. The lowest BCUT2D eigenvalue weighted by Gasteiger charge is -2.27. The van der Waals surface area contributed by atoms with Gasteiger partial charge in [0.2, 0.25) is 5.82 Å². The molecule has 0 radical (unpaired) electrons. The van der Waals surface area contributed by atoms with Gasteiger partial charge in [0.05, 0.1) is 6.54 Å². The molecule has 96 valence electrons. The Morgan fingerprint density at radius 2 is 2.00 bits per heavy atom. The van der Waals surface area contributed by atoms with Crippen LogP contribution in [0.25, 0.3) is 0 Å². The first-order valence-corrected chi connectivity index (χ1v) is 5.98. The molecule has 2 rings (SSSR count). The summed E-state index contributed by atoms with van der Waals surface area (Å²) in [6, 6.07) is 0. The molecule has 0 aliphatic carbocycles. The maximum atomic E-state index is 12.6. The van der Waals surface area contributed by atoms with Gasteiger partial charge in [-0.25, -0.2) is 0 Å². The molecule has 0 saturated carbocycles. The van der Waals surface area contributed by atoms with Crippen LogP contribution in [0.15, 0.2) is 0 Å². The molecule has 17 heavy (non-hydrogen) atoms. The molecule has 8 heteroatoms. The molecule has 0 atom stereocenters. The zero-order chi connectivity index (χ0) is 12.5. The molecule has 1 aliphatic rings. The second-order valence-electron chi connectivity index (χ2n) is 3.94. The second kappa shape index (κ2) is 4.85. The van der Waals surface area contributed by atoms with E-state index in [-0.39, 0.29) is 0 Å². The highest BCUT2D eigenvalue weighted by atomic mass is 32.1. The van der Waals surface area contributed by atoms with Crippen molar-refractivity contribution < 1.29 is 13.2 Å². The van der Waals surface area contributed by atoms with Crippen molar-refractivity contribution in [1.29, 1.82) is 0 Å². The Morgan fingerprint density at radius 3 is 2.65 bits per heavy atom. The molecule has 0 unspecified atom stereocenters. The van der Waals surface area contributed by atoms with Crippen molar-refractivity contribution in [3.05, 3.63) is 11.6 Å². The summed E-state index contributed by atoms with van der Waals surface area (Å²) in [5, 5.41) is 6.84. The predicted octanol–water partition coefficient (Wildman–Crippen LogP) is 1.43. The molecule has 0 N–H and O–H groups in total. The topological polar surface area (TPSA) is 34.0 Å². The van der Waals surface area contributed by atoms with Crippen molar-refractivity contribution in [2.45, 2.75) is 25.7 Å². The SMILES string of the molecule is FC(F)(F)c1nnc2n1CCN(CCCS)C2. The molecular formula is C9H13F3N4S. The largest absolute Gasteiger partial charge is 0.451 e. The monoisotopic (exact) mass is 266 g/mol. The molecule has 1 aliphatic heterocycles. The molecule has 1 aromatic heterocycles. The van der Waals surface area contributed by atoms with Crippen LogP contribution in [0.1, 0.15) is 18.1 Å². The molecule has 0 fully saturated rings. The van der Waals surface area contributed by atoms with Gasteiger partial charge in [0, 0.05) is 13.1 Å². The highest BCUT2D eigenvalue weighted by molar-refractivity contribution is 7.80. The van der Waals surface area contributed by atoms with E-state index >= 15 is 0 Å². The van der Waals surface area contributed by atoms with E-state index in [1.165, 1.54) is 0 Å². The minimum atomic E-state index is -4.42. The van der Waals surface area contributed by atoms with Gasteiger partial charge in [-0.05, 0) is 18.7 Å². The number of hydrogen-bond donors (Lipinski definition) is 1. The summed E-state index contributed by atoms with van der Waals surface area (Å²) in [6.45, 7) is 2.15. The van der Waals surface area contributed by atoms with E-state index in [1.807, 2.05) is 0 Å². The summed E-state index contributed by atoms with van der Waals surface area (Å²) in [5.41, 5.74) is 0. The van der Waals surface area contributed by atoms with Gasteiger partial charge in [0.1, 0.15) is 5.82 Å². The van der Waals surface area contributed by atoms with Gasteiger partial charge in [0.15, 0.2) is 0 Å². The summed E-state index contributed by atoms with van der Waals surface area (Å²) in [7, 11) is 0. The van der Waals surface area contributed by atoms with E-state index in [1.54, 1.807) is 0 Å². The highest BCUT2D eigenvalue weighted by Gasteiger charge is 2.39. The lowest BCUT2D eigenvalue weighted by atomic mass is 10.3. The number of aromatic nitrogens is 3. The Labute approximate surface area is 102 Å². The number of alkyl halides is 3. The van der Waals surface area contributed by atoms with Crippen molar-refractivity contribution >= 4 is 12.6 Å². The molecular weight excluding hydrogens is 253 g/mol. The average Bonchev–Trinajstić information content (AvgIpc) is 2.68. The predicted molar refractivity (Wildman–Crippen MR) is 58.8 cm³/mol. The number of rotatable bonds is 3. The molecule has 0 aromatic carbocycles. The Morgan fingerprint density at radius 1 is 1.24 bits per heavy atom. The fourth-order valence-electron chi connectivity index (χ4n) is 1.90. The number of hydrogen-bond acceptors (Lipinski definition) is 4. The van der Waals surface area contributed by atoms with E-state index in [2.05, 4.69) is 27.7 Å². The van der Waals surface area contributed by atoms with Crippen LogP contribution in [0.4, 0.5) is 13.2 Å². The van der Waals surface area contributed by atoms with Gasteiger partial charge in [-0.2, -0.15) is 25.8 Å². The van der Waals surface area contributed by atoms with Crippen molar-refractivity contribution in [3.8, 4) is 0 Å². The third kappa shape index (κ3) is 2.74. The first-order chi connectivity index (χ1) is 8.02. The van der Waals surface area contributed by atoms with Crippen molar-refractivity contribution in [1.82, 2.24) is 19.7 Å². The van der Waals surface area contributed by atoms with Crippen molar-refractivity contribution in [2.75, 3.05) is 18.8 Å². The maximum absolute atomic E-state index is 12.6. The van der Waals surface area contributed by atoms with Crippen LogP contribution < -0.4 is 0 Å². The first-order valence-electron chi connectivity index (χ1n) is 5.35. The number of thiol groups is 1. The van der Waals surface area contributed by atoms with Crippen molar-refractivity contribution in [2.24, 2.45) is 0 Å². The third-order valence-corrected chi connectivity index (χ3v) is 3.03. The summed E-state index contributed by atoms with van der Waals surface area (Å²) >= 11 is 4.11. The number of halogens is 3. The number of nitrogens with zero attached hydrogens (tertiary/aromatic N) is 4. The minimum absolute atomic E-state index is 0.295. The summed E-state index contributed by atoms with van der Waals surface area (Å²) in [4.78, 5) is 2.07. The quantitative estimate of drug-likeness (QED) is 0.840. The van der Waals surface area contributed by atoms with E-state index in [9.17, 15) is 13.2 Å². The Kier molecular flexibility index (Phi) is 3.62. The van der Waals surface area contributed by atoms with Crippen LogP contribution >= 0.6 is 12.6 Å². The van der Waals surface area contributed by atoms with E-state index in [0.29, 0.717) is 25.5 Å². The Bertz CT molecular complexity index is 390. The summed E-state index contributed by atoms with van der Waals surface area (Å²) in [5.74, 6) is 0.279. The van der Waals surface area contributed by atoms with Crippen molar-refractivity contribution in [3.63, 3.8) is 0 Å². The van der Waals surface area contributed by atoms with Gasteiger partial charge in [0.25, 0.3) is 0 Å². The minimum Gasteiger partial charge on any atom is -0.305 e. The fraction of sp³-hybridized carbons (Fsp3) is 0.778. The van der Waals surface area contributed by atoms with Gasteiger partial charge in [-0.1, -0.05) is 0 Å². The smallest absolute Gasteiger partial charge is 0.305 e. The van der Waals surface area contributed by atoms with Crippen LogP contribution in [0.5, 0.6) is 0 Å². The zero-order valence-corrected chi connectivity index (χ0v) is 10.0. The molecule has 0 spiro atoms. The van der Waals surface area contributed by atoms with Crippen LogP contribution in [-0.4, -0.2) is 38.5 Å². The lowest BCUT2D eigenvalue weighted by Crippen LogP contribution is -2.36. The molecule has 0 bridgehead atoms. The van der Waals surface area contributed by atoms with Gasteiger partial charge < -0.3 is 4.57 Å². The van der Waals surface area contributed by atoms with Gasteiger partial charge in [-0.15, -0.1) is 10.2 Å². The third-order valence-electron chi connectivity index (χ3n) is 2.72. The normalized spacial score (nSPS) is 17.2. The summed E-state index contributed by atoms with van der Waals surface area (Å²) in [6.07, 6.45) is -3.50. The standard InChI is InChI=1S/C9H13F3N4S/c10-9(11,12)8-14-13-7-6-15(2-1-5-17)3-4-16(7)8/h17H,1-6H2. The Hall–Kier alpha value is -0.760. The van der Waals surface area contributed by atoms with E-state index in [4.69, 9.17) is 0 Å². The second-order valence-corrected chi connectivity index (χ2v) is 4.39. The average molecular weight is 266 g/mol. The molecule has 4 nitrogen and oxygen atoms in total. The molecule has 0 saturated heterocycles. The Balaban J connectivity index is 2.11. The number of fused-ring (bicyclic) bond motifs is 1. The van der Waals surface area contributed by atoms with Crippen LogP contribution in [-0.2, 0) is 19.3 Å². The van der Waals surface area contributed by atoms with E-state index in [0.717, 1.165) is 23.3 Å². The molecule has 2 heterocycles. The molecule has 0 amide bonds. The van der Waals surface area contributed by atoms with Gasteiger partial charge >= 0.3 is 6.18 Å².